The van der Waals surface area contributed by atoms with Crippen molar-refractivity contribution in [3.05, 3.63) is 96.2 Å². The van der Waals surface area contributed by atoms with Crippen LogP contribution >= 0.6 is 0 Å². The summed E-state index contributed by atoms with van der Waals surface area (Å²) in [5, 5.41) is 0. The van der Waals surface area contributed by atoms with Crippen LogP contribution in [0, 0.1) is 0 Å². The van der Waals surface area contributed by atoms with E-state index in [1.165, 1.54) is 0 Å². The third-order valence-corrected chi connectivity index (χ3v) is 6.67. The van der Waals surface area contributed by atoms with E-state index >= 15 is 0 Å². The van der Waals surface area contributed by atoms with Gasteiger partial charge in [0.2, 0.25) is 0 Å². The lowest BCUT2D eigenvalue weighted by molar-refractivity contribution is -0.0508. The SMILES string of the molecule is CCCCN(Cc1ccccc1OC(F)F)Cc1c(-c2ccccc2)nc(-c2ccccc2)n1CCCC. The second-order valence-corrected chi connectivity index (χ2v) is 9.52. The summed E-state index contributed by atoms with van der Waals surface area (Å²) in [7, 11) is 0. The molecule has 0 N–H and O–H groups in total. The lowest BCUT2D eigenvalue weighted by atomic mass is 10.1. The summed E-state index contributed by atoms with van der Waals surface area (Å²) in [6.07, 6.45) is 4.16. The number of hydrogen-bond acceptors (Lipinski definition) is 3. The van der Waals surface area contributed by atoms with E-state index in [2.05, 4.69) is 47.6 Å². The molecular formula is C32H37F2N3O. The molecule has 1 aromatic heterocycles. The van der Waals surface area contributed by atoms with E-state index in [1.54, 1.807) is 12.1 Å². The summed E-state index contributed by atoms with van der Waals surface area (Å²) in [5.74, 6) is 1.20. The largest absolute Gasteiger partial charge is 0.434 e. The molecule has 1 heterocycles. The molecule has 4 rings (SSSR count). The second-order valence-electron chi connectivity index (χ2n) is 9.52. The van der Waals surface area contributed by atoms with Gasteiger partial charge in [0.25, 0.3) is 0 Å². The number of para-hydroxylation sites is 1. The molecule has 4 nitrogen and oxygen atoms in total. The predicted molar refractivity (Wildman–Crippen MR) is 150 cm³/mol. The molecule has 0 saturated carbocycles. The van der Waals surface area contributed by atoms with Gasteiger partial charge in [-0.05, 0) is 25.5 Å². The Morgan fingerprint density at radius 1 is 0.789 bits per heavy atom. The van der Waals surface area contributed by atoms with E-state index in [4.69, 9.17) is 9.72 Å². The first-order valence-electron chi connectivity index (χ1n) is 13.6. The molecular weight excluding hydrogens is 480 g/mol. The summed E-state index contributed by atoms with van der Waals surface area (Å²) in [6.45, 7) is 4.38. The summed E-state index contributed by atoms with van der Waals surface area (Å²) in [5.41, 5.74) is 5.04. The molecule has 0 radical (unpaired) electrons. The minimum atomic E-state index is -2.85. The third kappa shape index (κ3) is 7.07. The molecule has 0 aliphatic heterocycles. The van der Waals surface area contributed by atoms with E-state index in [9.17, 15) is 8.78 Å². The van der Waals surface area contributed by atoms with Crippen molar-refractivity contribution < 1.29 is 13.5 Å². The van der Waals surface area contributed by atoms with Crippen LogP contribution in [0.5, 0.6) is 5.75 Å². The number of benzene rings is 3. The highest BCUT2D eigenvalue weighted by Crippen LogP contribution is 2.32. The van der Waals surface area contributed by atoms with Crippen molar-refractivity contribution in [3.63, 3.8) is 0 Å². The van der Waals surface area contributed by atoms with Gasteiger partial charge in [0, 0.05) is 36.3 Å². The molecule has 0 aliphatic carbocycles. The number of imidazole rings is 1. The first-order valence-corrected chi connectivity index (χ1v) is 13.6. The second kappa shape index (κ2) is 13.9. The third-order valence-electron chi connectivity index (χ3n) is 6.67. The van der Waals surface area contributed by atoms with Crippen LogP contribution in [0.3, 0.4) is 0 Å². The fourth-order valence-corrected chi connectivity index (χ4v) is 4.73. The van der Waals surface area contributed by atoms with Crippen LogP contribution in [0.2, 0.25) is 0 Å². The summed E-state index contributed by atoms with van der Waals surface area (Å²) in [6, 6.07) is 27.7. The Labute approximate surface area is 224 Å². The van der Waals surface area contributed by atoms with Gasteiger partial charge >= 0.3 is 6.61 Å². The van der Waals surface area contributed by atoms with Crippen molar-refractivity contribution >= 4 is 0 Å². The monoisotopic (exact) mass is 517 g/mol. The van der Waals surface area contributed by atoms with Crippen molar-refractivity contribution in [1.29, 1.82) is 0 Å². The Bertz CT molecular complexity index is 1260. The number of unbranched alkanes of at least 4 members (excludes halogenated alkanes) is 2. The zero-order chi connectivity index (χ0) is 26.7. The maximum Gasteiger partial charge on any atom is 0.387 e. The van der Waals surface area contributed by atoms with Gasteiger partial charge in [0.05, 0.1) is 11.4 Å². The zero-order valence-corrected chi connectivity index (χ0v) is 22.3. The number of alkyl halides is 2. The van der Waals surface area contributed by atoms with Gasteiger partial charge in [-0.15, -0.1) is 0 Å². The van der Waals surface area contributed by atoms with Gasteiger partial charge in [-0.1, -0.05) is 106 Å². The minimum Gasteiger partial charge on any atom is -0.434 e. The highest BCUT2D eigenvalue weighted by molar-refractivity contribution is 5.68. The molecule has 200 valence electrons. The average molecular weight is 518 g/mol. The molecule has 0 bridgehead atoms. The van der Waals surface area contributed by atoms with Crippen LogP contribution in [0.1, 0.15) is 50.8 Å². The first kappa shape index (κ1) is 27.5. The molecule has 0 fully saturated rings. The topological polar surface area (TPSA) is 30.3 Å². The van der Waals surface area contributed by atoms with Crippen molar-refractivity contribution in [2.24, 2.45) is 0 Å². The number of hydrogen-bond donors (Lipinski definition) is 0. The Kier molecular flexibility index (Phi) is 10.0. The highest BCUT2D eigenvalue weighted by Gasteiger charge is 2.22. The highest BCUT2D eigenvalue weighted by atomic mass is 19.3. The van der Waals surface area contributed by atoms with Gasteiger partial charge in [-0.25, -0.2) is 4.98 Å². The lowest BCUT2D eigenvalue weighted by Crippen LogP contribution is -2.26. The lowest BCUT2D eigenvalue weighted by Gasteiger charge is -2.25. The number of rotatable bonds is 14. The van der Waals surface area contributed by atoms with Gasteiger partial charge in [0.1, 0.15) is 11.6 Å². The van der Waals surface area contributed by atoms with E-state index in [-0.39, 0.29) is 5.75 Å². The van der Waals surface area contributed by atoms with E-state index in [0.29, 0.717) is 13.1 Å². The Hall–Kier alpha value is -3.51. The van der Waals surface area contributed by atoms with Gasteiger partial charge in [-0.3, -0.25) is 4.90 Å². The maximum absolute atomic E-state index is 13.1. The molecule has 4 aromatic rings. The molecule has 38 heavy (non-hydrogen) atoms. The molecule has 3 aromatic carbocycles. The molecule has 0 atom stereocenters. The fraction of sp³-hybridized carbons (Fsp3) is 0.344. The standard InChI is InChI=1S/C32H37F2N3O/c1-3-5-21-36(23-27-19-13-14-20-29(27)38-32(33)34)24-28-30(25-15-9-7-10-16-25)35-31(37(28)22-6-4-2)26-17-11-8-12-18-26/h7-20,32H,3-6,21-24H2,1-2H3. The molecule has 6 heteroatoms. The smallest absolute Gasteiger partial charge is 0.387 e. The van der Waals surface area contributed by atoms with Crippen LogP contribution in [-0.4, -0.2) is 27.6 Å². The number of halogens is 2. The van der Waals surface area contributed by atoms with Crippen molar-refractivity contribution in [2.75, 3.05) is 6.54 Å². The van der Waals surface area contributed by atoms with Crippen LogP contribution in [0.15, 0.2) is 84.9 Å². The van der Waals surface area contributed by atoms with Crippen molar-refractivity contribution in [2.45, 2.75) is 65.8 Å². The van der Waals surface area contributed by atoms with Crippen LogP contribution in [0.25, 0.3) is 22.6 Å². The fourth-order valence-electron chi connectivity index (χ4n) is 4.73. The number of aromatic nitrogens is 2. The Balaban J connectivity index is 1.78. The van der Waals surface area contributed by atoms with E-state index in [0.717, 1.165) is 72.7 Å². The van der Waals surface area contributed by atoms with Gasteiger partial charge < -0.3 is 9.30 Å². The van der Waals surface area contributed by atoms with Crippen molar-refractivity contribution in [3.8, 4) is 28.4 Å². The van der Waals surface area contributed by atoms with Gasteiger partial charge in [0.15, 0.2) is 0 Å². The van der Waals surface area contributed by atoms with E-state index in [1.807, 2.05) is 48.5 Å². The average Bonchev–Trinajstić information content (AvgIpc) is 3.30. The molecule has 0 spiro atoms. The molecule has 0 unspecified atom stereocenters. The Morgan fingerprint density at radius 3 is 2.08 bits per heavy atom. The van der Waals surface area contributed by atoms with Crippen molar-refractivity contribution in [1.82, 2.24) is 14.5 Å². The first-order chi connectivity index (χ1) is 18.6. The van der Waals surface area contributed by atoms with E-state index < -0.39 is 6.61 Å². The summed E-state index contributed by atoms with van der Waals surface area (Å²) >= 11 is 0. The molecule has 0 saturated heterocycles. The van der Waals surface area contributed by atoms with Gasteiger partial charge in [-0.2, -0.15) is 8.78 Å². The predicted octanol–water partition coefficient (Wildman–Crippen LogP) is 8.42. The number of ether oxygens (including phenoxy) is 1. The minimum absolute atomic E-state index is 0.233. The number of nitrogens with zero attached hydrogens (tertiary/aromatic N) is 3. The molecule has 0 aliphatic rings. The zero-order valence-electron chi connectivity index (χ0n) is 22.3. The van der Waals surface area contributed by atoms with Crippen LogP contribution in [0.4, 0.5) is 8.78 Å². The van der Waals surface area contributed by atoms with Crippen LogP contribution < -0.4 is 4.74 Å². The Morgan fingerprint density at radius 2 is 1.42 bits per heavy atom. The normalized spacial score (nSPS) is 11.4. The summed E-state index contributed by atoms with van der Waals surface area (Å²) in [4.78, 5) is 7.54. The maximum atomic E-state index is 13.1. The quantitative estimate of drug-likeness (QED) is 0.168. The van der Waals surface area contributed by atoms with Crippen LogP contribution in [-0.2, 0) is 19.6 Å². The summed E-state index contributed by atoms with van der Waals surface area (Å²) < 4.78 is 33.4. The molecule has 0 amide bonds.